The van der Waals surface area contributed by atoms with Crippen LogP contribution in [-0.4, -0.2) is 10.1 Å². The van der Waals surface area contributed by atoms with E-state index in [1.165, 1.54) is 0 Å². The SMILES string of the molecule is N#CCc1noc2ncccc12. The minimum atomic E-state index is 0.263. The third kappa shape index (κ3) is 0.920. The standard InChI is InChI=1S/C8H5N3O/c9-4-3-7-6-2-1-5-10-8(6)12-11-7/h1-2,5H,3H2. The average Bonchev–Trinajstić information content (AvgIpc) is 2.50. The summed E-state index contributed by atoms with van der Waals surface area (Å²) in [6.45, 7) is 0. The number of nitriles is 1. The Morgan fingerprint density at radius 2 is 2.50 bits per heavy atom. The predicted molar refractivity (Wildman–Crippen MR) is 41.1 cm³/mol. The van der Waals surface area contributed by atoms with E-state index in [2.05, 4.69) is 10.1 Å². The summed E-state index contributed by atoms with van der Waals surface area (Å²) < 4.78 is 4.89. The van der Waals surface area contributed by atoms with Gasteiger partial charge in [-0.2, -0.15) is 5.26 Å². The summed E-state index contributed by atoms with van der Waals surface area (Å²) in [6, 6.07) is 5.64. The molecule has 2 rings (SSSR count). The van der Waals surface area contributed by atoms with E-state index in [-0.39, 0.29) is 6.42 Å². The second-order valence-electron chi connectivity index (χ2n) is 2.32. The molecule has 0 radical (unpaired) electrons. The van der Waals surface area contributed by atoms with Gasteiger partial charge < -0.3 is 4.52 Å². The van der Waals surface area contributed by atoms with Crippen molar-refractivity contribution in [1.29, 1.82) is 5.26 Å². The highest BCUT2D eigenvalue weighted by Crippen LogP contribution is 2.14. The molecule has 12 heavy (non-hydrogen) atoms. The molecule has 0 N–H and O–H groups in total. The van der Waals surface area contributed by atoms with Crippen molar-refractivity contribution >= 4 is 11.1 Å². The molecule has 0 unspecified atom stereocenters. The number of hydrogen-bond donors (Lipinski definition) is 0. The maximum absolute atomic E-state index is 8.45. The fourth-order valence-electron chi connectivity index (χ4n) is 1.03. The lowest BCUT2D eigenvalue weighted by Crippen LogP contribution is -1.80. The second kappa shape index (κ2) is 2.62. The zero-order chi connectivity index (χ0) is 8.39. The Kier molecular flexibility index (Phi) is 1.49. The Balaban J connectivity index is 2.64. The average molecular weight is 159 g/mol. The van der Waals surface area contributed by atoms with Crippen LogP contribution in [0.15, 0.2) is 22.9 Å². The highest BCUT2D eigenvalue weighted by atomic mass is 16.5. The maximum atomic E-state index is 8.45. The van der Waals surface area contributed by atoms with E-state index in [1.54, 1.807) is 12.3 Å². The van der Waals surface area contributed by atoms with Crippen LogP contribution in [-0.2, 0) is 6.42 Å². The van der Waals surface area contributed by atoms with Gasteiger partial charge in [0.15, 0.2) is 0 Å². The van der Waals surface area contributed by atoms with Gasteiger partial charge in [-0.25, -0.2) is 4.98 Å². The van der Waals surface area contributed by atoms with Crippen LogP contribution < -0.4 is 0 Å². The van der Waals surface area contributed by atoms with Gasteiger partial charge in [0.05, 0.1) is 17.9 Å². The quantitative estimate of drug-likeness (QED) is 0.628. The van der Waals surface area contributed by atoms with E-state index in [1.807, 2.05) is 12.1 Å². The number of aromatic nitrogens is 2. The normalized spacial score (nSPS) is 9.92. The zero-order valence-electron chi connectivity index (χ0n) is 6.19. The highest BCUT2D eigenvalue weighted by molar-refractivity contribution is 5.75. The fourth-order valence-corrected chi connectivity index (χ4v) is 1.03. The predicted octanol–water partition coefficient (Wildman–Crippen LogP) is 1.29. The van der Waals surface area contributed by atoms with Crippen LogP contribution in [0, 0.1) is 11.3 Å². The van der Waals surface area contributed by atoms with Crippen molar-refractivity contribution < 1.29 is 4.52 Å². The third-order valence-corrected chi connectivity index (χ3v) is 1.57. The summed E-state index contributed by atoms with van der Waals surface area (Å²) in [5.74, 6) is 0. The lowest BCUT2D eigenvalue weighted by molar-refractivity contribution is 0.441. The first-order chi connectivity index (χ1) is 5.92. The van der Waals surface area contributed by atoms with E-state index >= 15 is 0 Å². The Morgan fingerprint density at radius 3 is 3.33 bits per heavy atom. The summed E-state index contributed by atoms with van der Waals surface area (Å²) in [4.78, 5) is 3.95. The molecular formula is C8H5N3O. The summed E-state index contributed by atoms with van der Waals surface area (Å²) in [7, 11) is 0. The molecule has 0 aliphatic carbocycles. The summed E-state index contributed by atoms with van der Waals surface area (Å²) >= 11 is 0. The third-order valence-electron chi connectivity index (χ3n) is 1.57. The molecule has 0 saturated heterocycles. The van der Waals surface area contributed by atoms with Crippen molar-refractivity contribution in [2.75, 3.05) is 0 Å². The van der Waals surface area contributed by atoms with E-state index in [0.717, 1.165) is 5.39 Å². The molecule has 0 saturated carbocycles. The van der Waals surface area contributed by atoms with Gasteiger partial charge in [0.2, 0.25) is 0 Å². The van der Waals surface area contributed by atoms with E-state index in [4.69, 9.17) is 9.78 Å². The molecule has 2 aromatic heterocycles. The Labute approximate surface area is 68.4 Å². The molecule has 0 aromatic carbocycles. The van der Waals surface area contributed by atoms with Gasteiger partial charge in [0.25, 0.3) is 5.71 Å². The molecular weight excluding hydrogens is 154 g/mol. The Hall–Kier alpha value is -1.89. The first-order valence-corrected chi connectivity index (χ1v) is 3.48. The maximum Gasteiger partial charge on any atom is 0.257 e. The van der Waals surface area contributed by atoms with Gasteiger partial charge in [-0.3, -0.25) is 0 Å². The van der Waals surface area contributed by atoms with Crippen molar-refractivity contribution in [1.82, 2.24) is 10.1 Å². The van der Waals surface area contributed by atoms with Gasteiger partial charge in [-0.05, 0) is 12.1 Å². The number of nitrogens with zero attached hydrogens (tertiary/aromatic N) is 3. The summed E-state index contributed by atoms with van der Waals surface area (Å²) in [5.41, 5.74) is 1.14. The molecule has 0 amide bonds. The van der Waals surface area contributed by atoms with Crippen molar-refractivity contribution in [3.8, 4) is 6.07 Å². The molecule has 2 heterocycles. The Bertz CT molecular complexity index is 441. The zero-order valence-corrected chi connectivity index (χ0v) is 6.19. The monoisotopic (exact) mass is 159 g/mol. The second-order valence-corrected chi connectivity index (χ2v) is 2.32. The largest absolute Gasteiger partial charge is 0.336 e. The van der Waals surface area contributed by atoms with Crippen LogP contribution in [0.3, 0.4) is 0 Å². The van der Waals surface area contributed by atoms with Crippen molar-refractivity contribution in [3.63, 3.8) is 0 Å². The van der Waals surface area contributed by atoms with Gasteiger partial charge >= 0.3 is 0 Å². The highest BCUT2D eigenvalue weighted by Gasteiger charge is 2.06. The molecule has 0 bridgehead atoms. The molecule has 0 spiro atoms. The molecule has 0 aliphatic rings. The number of rotatable bonds is 1. The molecule has 4 heteroatoms. The summed E-state index contributed by atoms with van der Waals surface area (Å²) in [6.07, 6.45) is 1.89. The van der Waals surface area contributed by atoms with Crippen molar-refractivity contribution in [3.05, 3.63) is 24.0 Å². The van der Waals surface area contributed by atoms with Crippen LogP contribution >= 0.6 is 0 Å². The molecule has 2 aromatic rings. The minimum absolute atomic E-state index is 0.263. The van der Waals surface area contributed by atoms with Gasteiger partial charge in [0.1, 0.15) is 5.69 Å². The van der Waals surface area contributed by atoms with Crippen molar-refractivity contribution in [2.24, 2.45) is 0 Å². The molecule has 58 valence electrons. The van der Waals surface area contributed by atoms with Crippen molar-refractivity contribution in [2.45, 2.75) is 6.42 Å². The lowest BCUT2D eigenvalue weighted by atomic mass is 10.2. The molecule has 4 nitrogen and oxygen atoms in total. The van der Waals surface area contributed by atoms with Crippen LogP contribution in [0.2, 0.25) is 0 Å². The number of hydrogen-bond acceptors (Lipinski definition) is 4. The topological polar surface area (TPSA) is 62.7 Å². The van der Waals surface area contributed by atoms with Gasteiger partial charge in [-0.1, -0.05) is 5.16 Å². The van der Waals surface area contributed by atoms with Gasteiger partial charge in [-0.15, -0.1) is 0 Å². The van der Waals surface area contributed by atoms with Gasteiger partial charge in [0, 0.05) is 6.20 Å². The molecule has 0 atom stereocenters. The van der Waals surface area contributed by atoms with E-state index < -0.39 is 0 Å². The lowest BCUT2D eigenvalue weighted by Gasteiger charge is -1.84. The number of fused-ring (bicyclic) bond motifs is 1. The van der Waals surface area contributed by atoms with E-state index in [9.17, 15) is 0 Å². The minimum Gasteiger partial charge on any atom is -0.336 e. The Morgan fingerprint density at radius 1 is 1.58 bits per heavy atom. The summed E-state index contributed by atoms with van der Waals surface area (Å²) in [5, 5.41) is 13.0. The number of pyridine rings is 1. The van der Waals surface area contributed by atoms with Crippen LogP contribution in [0.1, 0.15) is 5.69 Å². The van der Waals surface area contributed by atoms with Crippen LogP contribution in [0.5, 0.6) is 0 Å². The molecule has 0 aliphatic heterocycles. The smallest absolute Gasteiger partial charge is 0.257 e. The van der Waals surface area contributed by atoms with E-state index in [0.29, 0.717) is 11.4 Å². The first-order valence-electron chi connectivity index (χ1n) is 3.48. The van der Waals surface area contributed by atoms with Crippen LogP contribution in [0.4, 0.5) is 0 Å². The first kappa shape index (κ1) is 6.80. The molecule has 0 fully saturated rings. The van der Waals surface area contributed by atoms with Crippen LogP contribution in [0.25, 0.3) is 11.1 Å². The fraction of sp³-hybridized carbons (Fsp3) is 0.125.